The van der Waals surface area contributed by atoms with Crippen molar-refractivity contribution in [3.63, 3.8) is 0 Å². The van der Waals surface area contributed by atoms with Crippen molar-refractivity contribution in [1.82, 2.24) is 14.8 Å². The van der Waals surface area contributed by atoms with Gasteiger partial charge in [0.15, 0.2) is 0 Å². The van der Waals surface area contributed by atoms with Crippen molar-refractivity contribution in [1.29, 1.82) is 0 Å². The van der Waals surface area contributed by atoms with E-state index in [9.17, 15) is 4.79 Å². The fraction of sp³-hybridized carbons (Fsp3) is 0.333. The van der Waals surface area contributed by atoms with Crippen molar-refractivity contribution in [2.24, 2.45) is 0 Å². The monoisotopic (exact) mass is 428 g/mol. The summed E-state index contributed by atoms with van der Waals surface area (Å²) in [4.78, 5) is 16.0. The summed E-state index contributed by atoms with van der Waals surface area (Å²) in [5, 5.41) is 9.26. The summed E-state index contributed by atoms with van der Waals surface area (Å²) in [5.74, 6) is 0. The van der Waals surface area contributed by atoms with Crippen LogP contribution in [0.15, 0.2) is 65.5 Å². The molecule has 0 aliphatic rings. The molecule has 0 atom stereocenters. The normalized spacial score (nSPS) is 12.3. The summed E-state index contributed by atoms with van der Waals surface area (Å²) in [6.45, 7) is 13.5. The summed E-state index contributed by atoms with van der Waals surface area (Å²) in [5.41, 5.74) is 5.43. The molecule has 0 unspecified atom stereocenters. The molecule has 5 nitrogen and oxygen atoms in total. The van der Waals surface area contributed by atoms with Gasteiger partial charge in [0.2, 0.25) is 0 Å². The van der Waals surface area contributed by atoms with E-state index in [1.54, 1.807) is 0 Å². The Hall–Kier alpha value is -3.34. The Bertz CT molecular complexity index is 1280. The van der Waals surface area contributed by atoms with E-state index in [1.807, 2.05) is 41.1 Å². The number of para-hydroxylation sites is 1. The van der Waals surface area contributed by atoms with Crippen molar-refractivity contribution >= 4 is 16.7 Å². The number of benzene rings is 2. The van der Waals surface area contributed by atoms with Gasteiger partial charge in [-0.3, -0.25) is 4.79 Å². The van der Waals surface area contributed by atoms with E-state index in [1.165, 1.54) is 5.56 Å². The number of pyridine rings is 1. The minimum atomic E-state index is -0.163. The van der Waals surface area contributed by atoms with Crippen LogP contribution in [0.4, 0.5) is 5.69 Å². The van der Waals surface area contributed by atoms with Gasteiger partial charge in [0.1, 0.15) is 5.65 Å². The van der Waals surface area contributed by atoms with Crippen molar-refractivity contribution in [3.8, 4) is 5.69 Å². The topological polar surface area (TPSA) is 62.7 Å². The van der Waals surface area contributed by atoms with Crippen LogP contribution in [0.5, 0.6) is 0 Å². The zero-order chi connectivity index (χ0) is 23.1. The molecule has 2 aromatic heterocycles. The molecule has 2 heterocycles. The number of H-pyrrole nitrogens is 1. The standard InChI is InChI=1S/C27H32N4O/c1-26(2,3)19-12-14-20(15-13-19)28-17-18-16-22-23(27(4,5)6)30-31(24(22)29-25(18)32)21-10-8-7-9-11-21/h7-16,28H,17H2,1-6H3,(H,29,32). The van der Waals surface area contributed by atoms with Crippen molar-refractivity contribution < 1.29 is 0 Å². The molecule has 0 aliphatic heterocycles. The molecule has 0 fully saturated rings. The molecular weight excluding hydrogens is 396 g/mol. The molecule has 166 valence electrons. The number of hydrogen-bond donors (Lipinski definition) is 2. The summed E-state index contributed by atoms with van der Waals surface area (Å²) in [6, 6.07) is 20.3. The summed E-state index contributed by atoms with van der Waals surface area (Å²) in [7, 11) is 0. The molecule has 4 aromatic rings. The van der Waals surface area contributed by atoms with Crippen molar-refractivity contribution in [3.05, 3.63) is 87.8 Å². The predicted octanol–water partition coefficient (Wildman–Crippen LogP) is 5.92. The Balaban J connectivity index is 1.71. The van der Waals surface area contributed by atoms with E-state index >= 15 is 0 Å². The number of rotatable bonds is 4. The highest BCUT2D eigenvalue weighted by Crippen LogP contribution is 2.30. The maximum Gasteiger partial charge on any atom is 0.254 e. The number of nitrogens with zero attached hydrogens (tertiary/aromatic N) is 2. The van der Waals surface area contributed by atoms with Gasteiger partial charge in [-0.25, -0.2) is 4.68 Å². The Morgan fingerprint density at radius 1 is 0.906 bits per heavy atom. The van der Waals surface area contributed by atoms with Gasteiger partial charge in [-0.1, -0.05) is 71.9 Å². The van der Waals surface area contributed by atoms with Gasteiger partial charge < -0.3 is 10.3 Å². The van der Waals surface area contributed by atoms with Gasteiger partial charge in [-0.05, 0) is 41.3 Å². The van der Waals surface area contributed by atoms with Crippen LogP contribution >= 0.6 is 0 Å². The Morgan fingerprint density at radius 2 is 1.56 bits per heavy atom. The Labute approximate surface area is 189 Å². The average molecular weight is 429 g/mol. The number of nitrogens with one attached hydrogen (secondary N) is 2. The van der Waals surface area contributed by atoms with Gasteiger partial charge in [-0.2, -0.15) is 5.10 Å². The van der Waals surface area contributed by atoms with E-state index in [0.717, 1.165) is 28.1 Å². The number of aromatic amines is 1. The van der Waals surface area contributed by atoms with Gasteiger partial charge >= 0.3 is 0 Å². The summed E-state index contributed by atoms with van der Waals surface area (Å²) >= 11 is 0. The van der Waals surface area contributed by atoms with E-state index in [2.05, 4.69) is 76.1 Å². The van der Waals surface area contributed by atoms with Crippen LogP contribution in [-0.2, 0) is 17.4 Å². The molecule has 0 radical (unpaired) electrons. The first-order valence-corrected chi connectivity index (χ1v) is 11.1. The molecule has 0 spiro atoms. The second-order valence-corrected chi connectivity index (χ2v) is 10.4. The third-order valence-corrected chi connectivity index (χ3v) is 5.71. The second kappa shape index (κ2) is 7.97. The largest absolute Gasteiger partial charge is 0.381 e. The Kier molecular flexibility index (Phi) is 5.45. The molecule has 2 N–H and O–H groups in total. The van der Waals surface area contributed by atoms with E-state index in [-0.39, 0.29) is 16.4 Å². The van der Waals surface area contributed by atoms with Crippen LogP contribution in [0, 0.1) is 0 Å². The molecule has 4 rings (SSSR count). The van der Waals surface area contributed by atoms with Crippen LogP contribution in [0.25, 0.3) is 16.7 Å². The number of fused-ring (bicyclic) bond motifs is 1. The molecular formula is C27H32N4O. The van der Waals surface area contributed by atoms with E-state index in [4.69, 9.17) is 5.10 Å². The molecule has 0 bridgehead atoms. The van der Waals surface area contributed by atoms with Crippen molar-refractivity contribution in [2.75, 3.05) is 5.32 Å². The molecule has 32 heavy (non-hydrogen) atoms. The molecule has 0 amide bonds. The van der Waals surface area contributed by atoms with Gasteiger partial charge in [0.05, 0.1) is 11.4 Å². The first kappa shape index (κ1) is 21.9. The molecule has 0 saturated heterocycles. The molecule has 2 aromatic carbocycles. The fourth-order valence-electron chi connectivity index (χ4n) is 3.84. The number of aromatic nitrogens is 3. The summed E-state index contributed by atoms with van der Waals surface area (Å²) in [6.07, 6.45) is 0. The summed E-state index contributed by atoms with van der Waals surface area (Å²) < 4.78 is 1.83. The maximum absolute atomic E-state index is 12.9. The SMILES string of the molecule is CC(C)(C)c1ccc(NCc2cc3c(C(C)(C)C)nn(-c4ccccc4)c3[nH]c2=O)cc1. The van der Waals surface area contributed by atoms with Gasteiger partial charge in [0, 0.05) is 28.6 Å². The number of hydrogen-bond acceptors (Lipinski definition) is 3. The second-order valence-electron chi connectivity index (χ2n) is 10.4. The molecule has 0 saturated carbocycles. The minimum Gasteiger partial charge on any atom is -0.381 e. The average Bonchev–Trinajstić information content (AvgIpc) is 3.11. The highest BCUT2D eigenvalue weighted by molar-refractivity contribution is 5.81. The predicted molar refractivity (Wildman–Crippen MR) is 133 cm³/mol. The number of anilines is 1. The first-order chi connectivity index (χ1) is 15.0. The first-order valence-electron chi connectivity index (χ1n) is 11.1. The fourth-order valence-corrected chi connectivity index (χ4v) is 3.84. The smallest absolute Gasteiger partial charge is 0.254 e. The Morgan fingerprint density at radius 3 is 2.16 bits per heavy atom. The van der Waals surface area contributed by atoms with Crippen LogP contribution in [-0.4, -0.2) is 14.8 Å². The minimum absolute atomic E-state index is 0.103. The van der Waals surface area contributed by atoms with Gasteiger partial charge in [-0.15, -0.1) is 0 Å². The van der Waals surface area contributed by atoms with E-state index in [0.29, 0.717) is 12.1 Å². The third kappa shape index (κ3) is 4.33. The van der Waals surface area contributed by atoms with Crippen molar-refractivity contribution in [2.45, 2.75) is 58.9 Å². The third-order valence-electron chi connectivity index (χ3n) is 5.71. The van der Waals surface area contributed by atoms with Gasteiger partial charge in [0.25, 0.3) is 5.56 Å². The highest BCUT2D eigenvalue weighted by atomic mass is 16.1. The molecule has 5 heteroatoms. The zero-order valence-electron chi connectivity index (χ0n) is 19.8. The quantitative estimate of drug-likeness (QED) is 0.424. The van der Waals surface area contributed by atoms with E-state index < -0.39 is 0 Å². The highest BCUT2D eigenvalue weighted by Gasteiger charge is 2.24. The lowest BCUT2D eigenvalue weighted by Crippen LogP contribution is -2.17. The van der Waals surface area contributed by atoms with Crippen LogP contribution < -0.4 is 10.9 Å². The molecule has 0 aliphatic carbocycles. The zero-order valence-corrected chi connectivity index (χ0v) is 19.8. The maximum atomic E-state index is 12.9. The lowest BCUT2D eigenvalue weighted by Gasteiger charge is -2.19. The van der Waals surface area contributed by atoms with Crippen LogP contribution in [0.1, 0.15) is 58.4 Å². The lowest BCUT2D eigenvalue weighted by atomic mass is 9.87. The van der Waals surface area contributed by atoms with Crippen LogP contribution in [0.2, 0.25) is 0 Å². The van der Waals surface area contributed by atoms with Crippen LogP contribution in [0.3, 0.4) is 0 Å². The lowest BCUT2D eigenvalue weighted by molar-refractivity contribution is 0.565.